The molecule has 2 aliphatic carbocycles. The Morgan fingerprint density at radius 1 is 1.20 bits per heavy atom. The topological polar surface area (TPSA) is 12.4 Å². The number of rotatable bonds is 4. The molecule has 0 heterocycles. The highest BCUT2D eigenvalue weighted by molar-refractivity contribution is 5.63. The lowest BCUT2D eigenvalue weighted by Crippen LogP contribution is -1.84. The monoisotopic (exact) mass is 137 g/mol. The van der Waals surface area contributed by atoms with Crippen molar-refractivity contribution in [2.45, 2.75) is 32.1 Å². The van der Waals surface area contributed by atoms with Crippen molar-refractivity contribution in [3.63, 3.8) is 0 Å². The molecule has 0 aromatic heterocycles. The predicted molar refractivity (Wildman–Crippen MR) is 43.4 cm³/mol. The summed E-state index contributed by atoms with van der Waals surface area (Å²) >= 11 is 0. The zero-order valence-electron chi connectivity index (χ0n) is 6.42. The van der Waals surface area contributed by atoms with Gasteiger partial charge in [0.05, 0.1) is 0 Å². The standard InChI is InChI=1S/C9H15N/c1-2-8(1)5-6-10-7-9-3-4-9/h7-9H,1-6H2. The van der Waals surface area contributed by atoms with Crippen LogP contribution in [0, 0.1) is 11.8 Å². The molecule has 2 aliphatic rings. The van der Waals surface area contributed by atoms with Gasteiger partial charge in [0.1, 0.15) is 0 Å². The summed E-state index contributed by atoms with van der Waals surface area (Å²) in [6, 6.07) is 0. The molecular formula is C9H15N. The first kappa shape index (κ1) is 6.38. The van der Waals surface area contributed by atoms with Gasteiger partial charge < -0.3 is 0 Å². The average Bonchev–Trinajstić information content (AvgIpc) is 2.77. The first-order valence-corrected chi connectivity index (χ1v) is 4.45. The van der Waals surface area contributed by atoms with Crippen LogP contribution in [0.3, 0.4) is 0 Å². The summed E-state index contributed by atoms with van der Waals surface area (Å²) in [5.74, 6) is 1.93. The number of nitrogens with zero attached hydrogens (tertiary/aromatic N) is 1. The van der Waals surface area contributed by atoms with Crippen molar-refractivity contribution in [1.82, 2.24) is 0 Å². The number of hydrogen-bond acceptors (Lipinski definition) is 1. The molecule has 0 spiro atoms. The Hall–Kier alpha value is -0.330. The minimum atomic E-state index is 0.874. The second-order valence-corrected chi connectivity index (χ2v) is 3.62. The maximum Gasteiger partial charge on any atom is 0.0388 e. The molecule has 2 fully saturated rings. The van der Waals surface area contributed by atoms with E-state index in [1.54, 1.807) is 0 Å². The predicted octanol–water partition coefficient (Wildman–Crippen LogP) is 2.27. The average molecular weight is 137 g/mol. The Labute approximate surface area is 62.5 Å². The quantitative estimate of drug-likeness (QED) is 0.527. The normalized spacial score (nSPS) is 26.0. The highest BCUT2D eigenvalue weighted by Gasteiger charge is 2.20. The van der Waals surface area contributed by atoms with E-state index in [1.165, 1.54) is 32.1 Å². The Morgan fingerprint density at radius 2 is 2.00 bits per heavy atom. The summed E-state index contributed by atoms with van der Waals surface area (Å²) in [5, 5.41) is 0. The fraction of sp³-hybridized carbons (Fsp3) is 0.889. The van der Waals surface area contributed by atoms with E-state index in [1.807, 2.05) is 0 Å². The highest BCUT2D eigenvalue weighted by Crippen LogP contribution is 2.32. The molecule has 0 aromatic rings. The molecule has 2 rings (SSSR count). The largest absolute Gasteiger partial charge is 0.297 e. The minimum absolute atomic E-state index is 0.874. The van der Waals surface area contributed by atoms with Crippen LogP contribution in [-0.4, -0.2) is 12.8 Å². The maximum atomic E-state index is 4.39. The fourth-order valence-electron chi connectivity index (χ4n) is 1.13. The van der Waals surface area contributed by atoms with Crippen molar-refractivity contribution in [3.8, 4) is 0 Å². The molecule has 56 valence electrons. The maximum absolute atomic E-state index is 4.39. The molecule has 0 atom stereocenters. The van der Waals surface area contributed by atoms with Gasteiger partial charge in [-0.25, -0.2) is 0 Å². The van der Waals surface area contributed by atoms with Crippen molar-refractivity contribution in [3.05, 3.63) is 0 Å². The van der Waals surface area contributed by atoms with Crippen molar-refractivity contribution < 1.29 is 0 Å². The first-order chi connectivity index (χ1) is 4.95. The summed E-state index contributed by atoms with van der Waals surface area (Å²) < 4.78 is 0. The molecule has 0 radical (unpaired) electrons. The molecule has 0 aliphatic heterocycles. The van der Waals surface area contributed by atoms with E-state index in [0.29, 0.717) is 0 Å². The third-order valence-corrected chi connectivity index (χ3v) is 2.30. The molecule has 0 unspecified atom stereocenters. The Morgan fingerprint density at radius 3 is 2.60 bits per heavy atom. The van der Waals surface area contributed by atoms with Crippen LogP contribution >= 0.6 is 0 Å². The van der Waals surface area contributed by atoms with E-state index < -0.39 is 0 Å². The Balaban J connectivity index is 1.52. The Bertz CT molecular complexity index is 132. The van der Waals surface area contributed by atoms with Crippen LogP contribution in [0.25, 0.3) is 0 Å². The second-order valence-electron chi connectivity index (χ2n) is 3.62. The molecule has 2 saturated carbocycles. The van der Waals surface area contributed by atoms with E-state index in [0.717, 1.165) is 18.4 Å². The molecule has 10 heavy (non-hydrogen) atoms. The van der Waals surface area contributed by atoms with Gasteiger partial charge >= 0.3 is 0 Å². The van der Waals surface area contributed by atoms with E-state index >= 15 is 0 Å². The van der Waals surface area contributed by atoms with Crippen LogP contribution in [0.2, 0.25) is 0 Å². The van der Waals surface area contributed by atoms with Crippen LogP contribution < -0.4 is 0 Å². The van der Waals surface area contributed by atoms with Gasteiger partial charge in [0.2, 0.25) is 0 Å². The Kier molecular flexibility index (Phi) is 1.74. The van der Waals surface area contributed by atoms with Crippen molar-refractivity contribution in [2.75, 3.05) is 6.54 Å². The van der Waals surface area contributed by atoms with E-state index in [-0.39, 0.29) is 0 Å². The van der Waals surface area contributed by atoms with Gasteiger partial charge in [-0.2, -0.15) is 0 Å². The molecule has 1 nitrogen and oxygen atoms in total. The van der Waals surface area contributed by atoms with Gasteiger partial charge in [-0.1, -0.05) is 12.8 Å². The molecule has 0 bridgehead atoms. The zero-order chi connectivity index (χ0) is 6.81. The zero-order valence-corrected chi connectivity index (χ0v) is 6.42. The van der Waals surface area contributed by atoms with Crippen molar-refractivity contribution in [1.29, 1.82) is 0 Å². The van der Waals surface area contributed by atoms with Crippen LogP contribution in [0.1, 0.15) is 32.1 Å². The molecular weight excluding hydrogens is 122 g/mol. The number of aliphatic imine (C=N–C) groups is 1. The van der Waals surface area contributed by atoms with Crippen LogP contribution in [0.15, 0.2) is 4.99 Å². The lowest BCUT2D eigenvalue weighted by molar-refractivity contribution is 0.740. The number of hydrogen-bond donors (Lipinski definition) is 0. The molecule has 0 N–H and O–H groups in total. The van der Waals surface area contributed by atoms with Crippen molar-refractivity contribution >= 4 is 6.21 Å². The molecule has 0 aromatic carbocycles. The smallest absolute Gasteiger partial charge is 0.0388 e. The molecule has 0 saturated heterocycles. The van der Waals surface area contributed by atoms with Crippen LogP contribution in [-0.2, 0) is 0 Å². The van der Waals surface area contributed by atoms with Gasteiger partial charge in [0.15, 0.2) is 0 Å². The SMILES string of the molecule is C(=NCCC1CC1)C1CC1. The fourth-order valence-corrected chi connectivity index (χ4v) is 1.13. The van der Waals surface area contributed by atoms with Crippen LogP contribution in [0.4, 0.5) is 0 Å². The third kappa shape index (κ3) is 2.13. The van der Waals surface area contributed by atoms with Gasteiger partial charge in [-0.15, -0.1) is 0 Å². The third-order valence-electron chi connectivity index (χ3n) is 2.30. The minimum Gasteiger partial charge on any atom is -0.297 e. The lowest BCUT2D eigenvalue weighted by atomic mass is 10.3. The van der Waals surface area contributed by atoms with E-state index in [9.17, 15) is 0 Å². The summed E-state index contributed by atoms with van der Waals surface area (Å²) in [5.41, 5.74) is 0. The summed E-state index contributed by atoms with van der Waals surface area (Å²) in [6.45, 7) is 1.10. The molecule has 0 amide bonds. The van der Waals surface area contributed by atoms with Gasteiger partial charge in [-0.05, 0) is 31.1 Å². The van der Waals surface area contributed by atoms with E-state index in [4.69, 9.17) is 0 Å². The van der Waals surface area contributed by atoms with Gasteiger partial charge in [0.25, 0.3) is 0 Å². The summed E-state index contributed by atoms with van der Waals surface area (Å²) in [6.07, 6.45) is 9.25. The molecule has 1 heteroatoms. The van der Waals surface area contributed by atoms with Gasteiger partial charge in [-0.3, -0.25) is 4.99 Å². The van der Waals surface area contributed by atoms with Gasteiger partial charge in [0, 0.05) is 12.8 Å². The van der Waals surface area contributed by atoms with E-state index in [2.05, 4.69) is 11.2 Å². The highest BCUT2D eigenvalue weighted by atomic mass is 14.7. The van der Waals surface area contributed by atoms with Crippen molar-refractivity contribution in [2.24, 2.45) is 16.8 Å². The first-order valence-electron chi connectivity index (χ1n) is 4.45. The van der Waals surface area contributed by atoms with Crippen LogP contribution in [0.5, 0.6) is 0 Å². The lowest BCUT2D eigenvalue weighted by Gasteiger charge is -1.89. The summed E-state index contributed by atoms with van der Waals surface area (Å²) in [4.78, 5) is 4.39. The summed E-state index contributed by atoms with van der Waals surface area (Å²) in [7, 11) is 0. The second kappa shape index (κ2) is 2.73.